The average Bonchev–Trinajstić information content (AvgIpc) is 3.40. The van der Waals surface area contributed by atoms with E-state index in [1.54, 1.807) is 22.7 Å². The summed E-state index contributed by atoms with van der Waals surface area (Å²) in [5.74, 6) is -0.138. The highest BCUT2D eigenvalue weighted by molar-refractivity contribution is 7.17. The van der Waals surface area contributed by atoms with E-state index in [1.807, 2.05) is 31.2 Å². The third-order valence-corrected chi connectivity index (χ3v) is 7.00. The Balaban J connectivity index is 1.33. The number of benzene rings is 1. The molecule has 2 aromatic heterocycles. The molecule has 0 fully saturated rings. The van der Waals surface area contributed by atoms with Gasteiger partial charge in [-0.1, -0.05) is 19.1 Å². The number of hydrogen-bond acceptors (Lipinski definition) is 6. The molecule has 1 aliphatic heterocycles. The summed E-state index contributed by atoms with van der Waals surface area (Å²) in [4.78, 5) is 13.7. The molecule has 0 radical (unpaired) electrons. The molecular formula is C23H25NO4S2. The SMILES string of the molecule is CCCOC(Cc1ccc(OCCN2c3sccc3Cc3ccsc32)cc1)C(=O)O. The number of carboxylic acid groups (broad SMARTS) is 1. The third-order valence-electron chi connectivity index (χ3n) is 5.05. The molecule has 1 unspecified atom stereocenters. The van der Waals surface area contributed by atoms with Crippen LogP contribution in [0.3, 0.4) is 0 Å². The van der Waals surface area contributed by atoms with Crippen LogP contribution in [0.5, 0.6) is 5.75 Å². The van der Waals surface area contributed by atoms with Crippen molar-refractivity contribution in [3.8, 4) is 5.75 Å². The summed E-state index contributed by atoms with van der Waals surface area (Å²) in [6.45, 7) is 3.78. The van der Waals surface area contributed by atoms with E-state index in [9.17, 15) is 9.90 Å². The number of carboxylic acids is 1. The molecule has 7 heteroatoms. The Hall–Kier alpha value is -2.35. The van der Waals surface area contributed by atoms with Gasteiger partial charge in [0.1, 0.15) is 12.4 Å². The van der Waals surface area contributed by atoms with Crippen molar-refractivity contribution >= 4 is 38.6 Å². The molecule has 0 spiro atoms. The van der Waals surface area contributed by atoms with E-state index in [0.717, 1.165) is 30.7 Å². The summed E-state index contributed by atoms with van der Waals surface area (Å²) in [5, 5.41) is 16.3. The standard InChI is InChI=1S/C23H25NO4S2/c1-2-10-28-20(23(25)26)14-16-3-5-19(6-4-16)27-11-9-24-21-17(7-12-29-21)15-18-8-13-30-22(18)24/h3-8,12-13,20H,2,9-11,14-15H2,1H3,(H,25,26). The quantitative estimate of drug-likeness (QED) is 0.458. The van der Waals surface area contributed by atoms with Gasteiger partial charge in [-0.25, -0.2) is 4.79 Å². The van der Waals surface area contributed by atoms with Crippen LogP contribution in [0.2, 0.25) is 0 Å². The molecule has 1 aromatic carbocycles. The van der Waals surface area contributed by atoms with Crippen LogP contribution in [-0.4, -0.2) is 36.9 Å². The first-order chi connectivity index (χ1) is 14.7. The van der Waals surface area contributed by atoms with Crippen molar-refractivity contribution in [1.29, 1.82) is 0 Å². The zero-order valence-corrected chi connectivity index (χ0v) is 18.5. The van der Waals surface area contributed by atoms with Gasteiger partial charge in [0.15, 0.2) is 6.10 Å². The molecule has 1 aliphatic rings. The fourth-order valence-electron chi connectivity index (χ4n) is 3.57. The van der Waals surface area contributed by atoms with Crippen molar-refractivity contribution in [2.24, 2.45) is 0 Å². The summed E-state index contributed by atoms with van der Waals surface area (Å²) in [6.07, 6.45) is 1.35. The number of nitrogens with zero attached hydrogens (tertiary/aromatic N) is 1. The Morgan fingerprint density at radius 1 is 1.07 bits per heavy atom. The number of carbonyl (C=O) groups is 1. The summed E-state index contributed by atoms with van der Waals surface area (Å²) in [7, 11) is 0. The van der Waals surface area contributed by atoms with E-state index >= 15 is 0 Å². The van der Waals surface area contributed by atoms with Crippen molar-refractivity contribution in [3.05, 3.63) is 63.8 Å². The van der Waals surface area contributed by atoms with E-state index in [2.05, 4.69) is 27.8 Å². The predicted molar refractivity (Wildman–Crippen MR) is 122 cm³/mol. The minimum Gasteiger partial charge on any atom is -0.492 e. The lowest BCUT2D eigenvalue weighted by Gasteiger charge is -2.28. The van der Waals surface area contributed by atoms with Crippen molar-refractivity contribution in [3.63, 3.8) is 0 Å². The second-order valence-electron chi connectivity index (χ2n) is 7.22. The minimum atomic E-state index is -0.925. The predicted octanol–water partition coefficient (Wildman–Crippen LogP) is 5.35. The molecule has 0 aliphatic carbocycles. The van der Waals surface area contributed by atoms with E-state index < -0.39 is 12.1 Å². The number of ether oxygens (including phenoxy) is 2. The van der Waals surface area contributed by atoms with Gasteiger partial charge in [-0.3, -0.25) is 0 Å². The third kappa shape index (κ3) is 4.69. The van der Waals surface area contributed by atoms with Crippen LogP contribution in [0.15, 0.2) is 47.2 Å². The monoisotopic (exact) mass is 443 g/mol. The Kier molecular flexibility index (Phi) is 6.72. The first-order valence-electron chi connectivity index (χ1n) is 10.1. The molecule has 1 atom stereocenters. The second kappa shape index (κ2) is 9.64. The number of thiophene rings is 2. The zero-order valence-electron chi connectivity index (χ0n) is 16.9. The molecule has 0 bridgehead atoms. The van der Waals surface area contributed by atoms with E-state index in [4.69, 9.17) is 9.47 Å². The highest BCUT2D eigenvalue weighted by atomic mass is 32.1. The maximum Gasteiger partial charge on any atom is 0.333 e. The molecule has 158 valence electrons. The summed E-state index contributed by atoms with van der Waals surface area (Å²) in [5.41, 5.74) is 3.69. The lowest BCUT2D eigenvalue weighted by molar-refractivity contribution is -0.150. The summed E-state index contributed by atoms with van der Waals surface area (Å²) >= 11 is 3.56. The van der Waals surface area contributed by atoms with Gasteiger partial charge in [0.05, 0.1) is 16.5 Å². The van der Waals surface area contributed by atoms with Gasteiger partial charge in [-0.2, -0.15) is 0 Å². The van der Waals surface area contributed by atoms with Gasteiger partial charge in [-0.15, -0.1) is 22.7 Å². The van der Waals surface area contributed by atoms with Gasteiger partial charge in [0, 0.05) is 19.4 Å². The summed E-state index contributed by atoms with van der Waals surface area (Å²) < 4.78 is 11.4. The van der Waals surface area contributed by atoms with Crippen LogP contribution in [0.1, 0.15) is 30.0 Å². The van der Waals surface area contributed by atoms with Gasteiger partial charge < -0.3 is 19.5 Å². The molecule has 0 saturated heterocycles. The Bertz CT molecular complexity index is 939. The van der Waals surface area contributed by atoms with Crippen molar-refractivity contribution in [1.82, 2.24) is 0 Å². The van der Waals surface area contributed by atoms with Crippen LogP contribution in [0.25, 0.3) is 0 Å². The fraction of sp³-hybridized carbons (Fsp3) is 0.348. The molecule has 30 heavy (non-hydrogen) atoms. The van der Waals surface area contributed by atoms with Crippen LogP contribution >= 0.6 is 22.7 Å². The van der Waals surface area contributed by atoms with Crippen LogP contribution in [0, 0.1) is 0 Å². The number of aliphatic carboxylic acids is 1. The van der Waals surface area contributed by atoms with Crippen molar-refractivity contribution in [2.45, 2.75) is 32.3 Å². The van der Waals surface area contributed by atoms with E-state index in [0.29, 0.717) is 19.6 Å². The first kappa shape index (κ1) is 20.9. The lowest BCUT2D eigenvalue weighted by atomic mass is 10.1. The Labute approximate surface area is 184 Å². The maximum atomic E-state index is 11.4. The van der Waals surface area contributed by atoms with E-state index in [-0.39, 0.29) is 0 Å². The van der Waals surface area contributed by atoms with Gasteiger partial charge in [0.2, 0.25) is 0 Å². The molecule has 0 saturated carbocycles. The van der Waals surface area contributed by atoms with Crippen LogP contribution < -0.4 is 9.64 Å². The number of fused-ring (bicyclic) bond motifs is 2. The molecule has 3 heterocycles. The van der Waals surface area contributed by atoms with Crippen LogP contribution in [0.4, 0.5) is 10.0 Å². The molecule has 3 aromatic rings. The van der Waals surface area contributed by atoms with Gasteiger partial charge >= 0.3 is 5.97 Å². The Morgan fingerprint density at radius 2 is 1.73 bits per heavy atom. The smallest absolute Gasteiger partial charge is 0.333 e. The highest BCUT2D eigenvalue weighted by Crippen LogP contribution is 2.44. The first-order valence-corrected chi connectivity index (χ1v) is 11.9. The molecule has 5 nitrogen and oxygen atoms in total. The largest absolute Gasteiger partial charge is 0.492 e. The van der Waals surface area contributed by atoms with Gasteiger partial charge in [-0.05, 0) is 58.1 Å². The molecular weight excluding hydrogens is 418 g/mol. The molecule has 4 rings (SSSR count). The topological polar surface area (TPSA) is 59.0 Å². The van der Waals surface area contributed by atoms with Crippen molar-refractivity contribution in [2.75, 3.05) is 24.7 Å². The normalized spacial score (nSPS) is 13.6. The molecule has 0 amide bonds. The zero-order chi connectivity index (χ0) is 20.9. The van der Waals surface area contributed by atoms with E-state index in [1.165, 1.54) is 21.1 Å². The van der Waals surface area contributed by atoms with Gasteiger partial charge in [0.25, 0.3) is 0 Å². The summed E-state index contributed by atoms with van der Waals surface area (Å²) in [6, 6.07) is 12.0. The Morgan fingerprint density at radius 3 is 2.33 bits per heavy atom. The van der Waals surface area contributed by atoms with Crippen LogP contribution in [-0.2, 0) is 22.4 Å². The highest BCUT2D eigenvalue weighted by Gasteiger charge is 2.24. The number of anilines is 2. The van der Waals surface area contributed by atoms with Crippen molar-refractivity contribution < 1.29 is 19.4 Å². The maximum absolute atomic E-state index is 11.4. The average molecular weight is 444 g/mol. The second-order valence-corrected chi connectivity index (χ2v) is 9.01. The number of rotatable bonds is 10. The fourth-order valence-corrected chi connectivity index (χ4v) is 5.55. The molecule has 1 N–H and O–H groups in total. The lowest BCUT2D eigenvalue weighted by Crippen LogP contribution is -2.26. The number of hydrogen-bond donors (Lipinski definition) is 1. The minimum absolute atomic E-state index is 0.353.